The predicted molar refractivity (Wildman–Crippen MR) is 83.8 cm³/mol. The molecule has 0 bridgehead atoms. The fourth-order valence-corrected chi connectivity index (χ4v) is 3.03. The summed E-state index contributed by atoms with van der Waals surface area (Å²) in [7, 11) is 0. The first kappa shape index (κ1) is 16.9. The molecule has 10 nitrogen and oxygen atoms in total. The maximum Gasteiger partial charge on any atom is 0.191 e. The number of hydrogen-bond donors (Lipinski definition) is 4. The first-order valence-electron chi connectivity index (χ1n) is 7.09. The number of ether oxygens (including phenoxy) is 1. The summed E-state index contributed by atoms with van der Waals surface area (Å²) in [6.45, 7) is -0.452. The smallest absolute Gasteiger partial charge is 0.191 e. The Bertz CT molecular complexity index is 806. The van der Waals surface area contributed by atoms with Crippen LogP contribution in [0.15, 0.2) is 5.16 Å². The van der Waals surface area contributed by atoms with Crippen molar-refractivity contribution >= 4 is 28.6 Å². The Morgan fingerprint density at radius 3 is 2.71 bits per heavy atom. The normalized spacial score (nSPS) is 26.8. The molecule has 0 radical (unpaired) electrons. The lowest BCUT2D eigenvalue weighted by atomic mass is 10.1. The van der Waals surface area contributed by atoms with E-state index >= 15 is 0 Å². The van der Waals surface area contributed by atoms with Gasteiger partial charge in [0.1, 0.15) is 24.1 Å². The zero-order valence-electron chi connectivity index (χ0n) is 12.7. The minimum atomic E-state index is -1.31. The summed E-state index contributed by atoms with van der Waals surface area (Å²) in [5.41, 5.74) is 6.63. The van der Waals surface area contributed by atoms with Gasteiger partial charge < -0.3 is 25.8 Å². The van der Waals surface area contributed by atoms with E-state index < -0.39 is 31.1 Å². The van der Waals surface area contributed by atoms with E-state index in [0.717, 1.165) is 0 Å². The first-order valence-corrected chi connectivity index (χ1v) is 8.32. The van der Waals surface area contributed by atoms with Crippen molar-refractivity contribution < 1.29 is 20.1 Å². The molecular formula is C13H16N6O4S. The van der Waals surface area contributed by atoms with E-state index in [9.17, 15) is 15.3 Å². The van der Waals surface area contributed by atoms with Gasteiger partial charge in [-0.05, 0) is 6.26 Å². The Morgan fingerprint density at radius 1 is 1.38 bits per heavy atom. The maximum absolute atomic E-state index is 10.2. The van der Waals surface area contributed by atoms with Crippen LogP contribution in [0.5, 0.6) is 0 Å². The largest absolute Gasteiger partial charge is 0.394 e. The van der Waals surface area contributed by atoms with Gasteiger partial charge in [0.25, 0.3) is 0 Å². The molecule has 2 aromatic heterocycles. The second kappa shape index (κ2) is 6.50. The number of hydrogen-bond acceptors (Lipinski definition) is 10. The van der Waals surface area contributed by atoms with Gasteiger partial charge in [-0.1, -0.05) is 11.8 Å². The number of aliphatic hydroxyl groups is 3. The number of nitrogens with zero attached hydrogens (tertiary/aromatic N) is 5. The molecule has 1 aliphatic rings. The Labute approximate surface area is 140 Å². The first-order chi connectivity index (χ1) is 11.5. The quantitative estimate of drug-likeness (QED) is 0.388. The summed E-state index contributed by atoms with van der Waals surface area (Å²) in [4.78, 5) is 8.48. The number of aliphatic hydroxyl groups excluding tert-OH is 3. The van der Waals surface area contributed by atoms with E-state index in [4.69, 9.17) is 15.7 Å². The van der Waals surface area contributed by atoms with E-state index in [1.807, 2.05) is 6.07 Å². The Kier molecular flexibility index (Phi) is 4.57. The van der Waals surface area contributed by atoms with Gasteiger partial charge in [-0.15, -0.1) is 0 Å². The number of anilines is 1. The second-order valence-corrected chi connectivity index (χ2v) is 6.02. The van der Waals surface area contributed by atoms with Crippen LogP contribution in [-0.2, 0) is 11.2 Å². The molecule has 0 spiro atoms. The van der Waals surface area contributed by atoms with Crippen LogP contribution in [0.4, 0.5) is 5.82 Å². The molecule has 0 saturated carbocycles. The lowest BCUT2D eigenvalue weighted by molar-refractivity contribution is -0.0568. The monoisotopic (exact) mass is 352 g/mol. The van der Waals surface area contributed by atoms with Crippen LogP contribution in [0.1, 0.15) is 11.9 Å². The van der Waals surface area contributed by atoms with Gasteiger partial charge in [0, 0.05) is 0 Å². The van der Waals surface area contributed by atoms with Crippen molar-refractivity contribution in [2.45, 2.75) is 36.1 Å². The van der Waals surface area contributed by atoms with Gasteiger partial charge in [0.2, 0.25) is 0 Å². The molecule has 1 fully saturated rings. The summed E-state index contributed by atoms with van der Waals surface area (Å²) >= 11 is 1.28. The van der Waals surface area contributed by atoms with Crippen LogP contribution in [0.2, 0.25) is 0 Å². The van der Waals surface area contributed by atoms with Crippen molar-refractivity contribution in [2.24, 2.45) is 0 Å². The summed E-state index contributed by atoms with van der Waals surface area (Å²) in [5, 5.41) is 43.4. The third kappa shape index (κ3) is 2.58. The average molecular weight is 352 g/mol. The second-order valence-electron chi connectivity index (χ2n) is 5.25. The van der Waals surface area contributed by atoms with E-state index in [1.165, 1.54) is 16.4 Å². The van der Waals surface area contributed by atoms with Gasteiger partial charge in [0.05, 0.1) is 30.2 Å². The Morgan fingerprint density at radius 2 is 2.12 bits per heavy atom. The van der Waals surface area contributed by atoms with E-state index in [1.54, 1.807) is 6.26 Å². The fraction of sp³-hybridized carbons (Fsp3) is 0.538. The highest BCUT2D eigenvalue weighted by molar-refractivity contribution is 7.98. The molecule has 1 aliphatic heterocycles. The lowest BCUT2D eigenvalue weighted by Gasteiger charge is -2.15. The molecule has 0 aromatic carbocycles. The van der Waals surface area contributed by atoms with Crippen LogP contribution in [-0.4, -0.2) is 66.2 Å². The molecule has 24 heavy (non-hydrogen) atoms. The molecule has 3 rings (SSSR count). The zero-order valence-corrected chi connectivity index (χ0v) is 13.5. The number of nitriles is 1. The standard InChI is InChI=1S/C13H16N6O4S/c1-24-13-16-10(15)7-5(2-3-14)18-19(11(7)17-13)12-9(22)8(21)6(4-20)23-12/h6,8-9,12,20-22H,2,4H2,1H3,(H2,15,16,17)/t6-,8-,9-,12-/m1/s1. The van der Waals surface area contributed by atoms with Gasteiger partial charge in [0.15, 0.2) is 17.0 Å². The third-order valence-electron chi connectivity index (χ3n) is 3.82. The molecule has 5 N–H and O–H groups in total. The average Bonchev–Trinajstić information content (AvgIpc) is 3.07. The number of rotatable bonds is 4. The summed E-state index contributed by atoms with van der Waals surface area (Å²) in [6, 6.07) is 1.99. The molecule has 0 aliphatic carbocycles. The minimum absolute atomic E-state index is 0.0233. The topological polar surface area (TPSA) is 163 Å². The molecule has 11 heteroatoms. The number of nitrogen functional groups attached to an aromatic ring is 1. The molecule has 0 unspecified atom stereocenters. The number of thioether (sulfide) groups is 1. The van der Waals surface area contributed by atoms with Crippen molar-refractivity contribution in [3.63, 3.8) is 0 Å². The summed E-state index contributed by atoms with van der Waals surface area (Å²) in [6.07, 6.45) is -2.82. The van der Waals surface area contributed by atoms with Gasteiger partial charge in [-0.3, -0.25) is 0 Å². The highest BCUT2D eigenvalue weighted by Gasteiger charge is 2.44. The zero-order chi connectivity index (χ0) is 17.4. The highest BCUT2D eigenvalue weighted by Crippen LogP contribution is 2.33. The summed E-state index contributed by atoms with van der Waals surface area (Å²) < 4.78 is 6.77. The molecular weight excluding hydrogens is 336 g/mol. The van der Waals surface area contributed by atoms with Crippen molar-refractivity contribution in [2.75, 3.05) is 18.6 Å². The van der Waals surface area contributed by atoms with Crippen LogP contribution in [0, 0.1) is 11.3 Å². The number of nitrogens with two attached hydrogens (primary N) is 1. The van der Waals surface area contributed by atoms with E-state index in [-0.39, 0.29) is 12.2 Å². The van der Waals surface area contributed by atoms with E-state index in [2.05, 4.69) is 15.1 Å². The number of aromatic nitrogens is 4. The van der Waals surface area contributed by atoms with Crippen LogP contribution in [0.3, 0.4) is 0 Å². The van der Waals surface area contributed by atoms with Crippen molar-refractivity contribution in [3.8, 4) is 6.07 Å². The minimum Gasteiger partial charge on any atom is -0.394 e. The summed E-state index contributed by atoms with van der Waals surface area (Å²) in [5.74, 6) is 0.174. The van der Waals surface area contributed by atoms with Gasteiger partial charge in [-0.25, -0.2) is 14.6 Å². The van der Waals surface area contributed by atoms with Crippen LogP contribution in [0.25, 0.3) is 11.0 Å². The van der Waals surface area contributed by atoms with E-state index in [0.29, 0.717) is 21.9 Å². The molecule has 0 amide bonds. The fourth-order valence-electron chi connectivity index (χ4n) is 2.66. The maximum atomic E-state index is 10.2. The highest BCUT2D eigenvalue weighted by atomic mass is 32.2. The molecule has 2 aromatic rings. The van der Waals surface area contributed by atoms with Crippen molar-refractivity contribution in [1.29, 1.82) is 5.26 Å². The van der Waals surface area contributed by atoms with Crippen LogP contribution >= 0.6 is 11.8 Å². The van der Waals surface area contributed by atoms with Crippen molar-refractivity contribution in [1.82, 2.24) is 19.7 Å². The third-order valence-corrected chi connectivity index (χ3v) is 4.37. The predicted octanol–water partition coefficient (Wildman–Crippen LogP) is -1.19. The van der Waals surface area contributed by atoms with Crippen LogP contribution < -0.4 is 5.73 Å². The Balaban J connectivity index is 2.17. The number of fused-ring (bicyclic) bond motifs is 1. The lowest BCUT2D eigenvalue weighted by Crippen LogP contribution is -2.33. The van der Waals surface area contributed by atoms with Crippen molar-refractivity contribution in [3.05, 3.63) is 5.69 Å². The van der Waals surface area contributed by atoms with Gasteiger partial charge in [-0.2, -0.15) is 10.4 Å². The molecule has 4 atom stereocenters. The molecule has 1 saturated heterocycles. The Hall–Kier alpha value is -1.97. The van der Waals surface area contributed by atoms with Gasteiger partial charge >= 0.3 is 0 Å². The molecule has 128 valence electrons. The SMILES string of the molecule is CSc1nc(N)c2c(CC#N)nn([C@@H]3O[C@H](CO)[C@@H](O)[C@H]3O)c2n1. The molecule has 3 heterocycles.